The van der Waals surface area contributed by atoms with Crippen molar-refractivity contribution >= 4 is 11.7 Å². The lowest BCUT2D eigenvalue weighted by atomic mass is 10.0. The lowest BCUT2D eigenvalue weighted by Gasteiger charge is -2.11. The molecule has 0 atom stereocenters. The van der Waals surface area contributed by atoms with Crippen molar-refractivity contribution < 1.29 is 22.7 Å². The third-order valence-electron chi connectivity index (χ3n) is 3.46. The molecule has 0 aliphatic heterocycles. The Morgan fingerprint density at radius 1 is 1.12 bits per heavy atom. The molecular weight excluding hydrogens is 333 g/mol. The van der Waals surface area contributed by atoms with Crippen molar-refractivity contribution in [3.8, 4) is 5.75 Å². The standard InChI is InChI=1S/C18H19F3N2O2/c1-11(2)12-4-3-5-13(10-12)25-9-8-22-18(24)23-15-7-6-14(19)16(20)17(15)21/h3-7,10-11H,8-9H2,1-2H3,(H2,22,23,24). The highest BCUT2D eigenvalue weighted by atomic mass is 19.2. The summed E-state index contributed by atoms with van der Waals surface area (Å²) in [5, 5.41) is 4.56. The summed E-state index contributed by atoms with van der Waals surface area (Å²) in [4.78, 5) is 11.7. The van der Waals surface area contributed by atoms with Crippen LogP contribution < -0.4 is 15.4 Å². The van der Waals surface area contributed by atoms with Crippen molar-refractivity contribution in [3.05, 3.63) is 59.4 Å². The van der Waals surface area contributed by atoms with Gasteiger partial charge in [-0.2, -0.15) is 0 Å². The smallest absolute Gasteiger partial charge is 0.319 e. The Hall–Kier alpha value is -2.70. The van der Waals surface area contributed by atoms with Crippen LogP contribution in [0.4, 0.5) is 23.7 Å². The molecule has 2 N–H and O–H groups in total. The maximum atomic E-state index is 13.5. The van der Waals surface area contributed by atoms with Gasteiger partial charge in [-0.25, -0.2) is 18.0 Å². The molecule has 2 rings (SSSR count). The Kier molecular flexibility index (Phi) is 6.27. The lowest BCUT2D eigenvalue weighted by Crippen LogP contribution is -2.32. The Morgan fingerprint density at radius 2 is 1.88 bits per heavy atom. The molecule has 7 heteroatoms. The summed E-state index contributed by atoms with van der Waals surface area (Å²) in [6, 6.07) is 8.55. The molecule has 0 saturated heterocycles. The zero-order valence-electron chi connectivity index (χ0n) is 13.9. The molecule has 2 aromatic rings. The van der Waals surface area contributed by atoms with Crippen molar-refractivity contribution in [2.45, 2.75) is 19.8 Å². The Morgan fingerprint density at radius 3 is 2.60 bits per heavy atom. The first-order valence-corrected chi connectivity index (χ1v) is 7.79. The van der Waals surface area contributed by atoms with E-state index in [1.807, 2.05) is 24.3 Å². The number of benzene rings is 2. The minimum absolute atomic E-state index is 0.156. The SMILES string of the molecule is CC(C)c1cccc(OCCNC(=O)Nc2ccc(F)c(F)c2F)c1. The molecule has 0 unspecified atom stereocenters. The number of rotatable bonds is 6. The number of amides is 2. The molecule has 0 heterocycles. The lowest BCUT2D eigenvalue weighted by molar-refractivity contribution is 0.247. The van der Waals surface area contributed by atoms with Crippen LogP contribution >= 0.6 is 0 Å². The fraction of sp³-hybridized carbons (Fsp3) is 0.278. The van der Waals surface area contributed by atoms with E-state index in [2.05, 4.69) is 24.5 Å². The van der Waals surface area contributed by atoms with Crippen LogP contribution in [0.1, 0.15) is 25.3 Å². The maximum absolute atomic E-state index is 13.5. The van der Waals surface area contributed by atoms with Crippen molar-refractivity contribution in [1.29, 1.82) is 0 Å². The topological polar surface area (TPSA) is 50.4 Å². The molecule has 0 aliphatic rings. The normalized spacial score (nSPS) is 10.6. The Balaban J connectivity index is 1.79. The van der Waals surface area contributed by atoms with E-state index in [1.165, 1.54) is 0 Å². The van der Waals surface area contributed by atoms with Gasteiger partial charge in [-0.15, -0.1) is 0 Å². The van der Waals surface area contributed by atoms with Gasteiger partial charge in [0.1, 0.15) is 12.4 Å². The summed E-state index contributed by atoms with van der Waals surface area (Å²) in [6.07, 6.45) is 0. The summed E-state index contributed by atoms with van der Waals surface area (Å²) in [7, 11) is 0. The molecule has 0 spiro atoms. The largest absolute Gasteiger partial charge is 0.492 e. The number of nitrogens with one attached hydrogen (secondary N) is 2. The molecule has 2 amide bonds. The molecule has 25 heavy (non-hydrogen) atoms. The number of hydrogen-bond donors (Lipinski definition) is 2. The van der Waals surface area contributed by atoms with Crippen LogP contribution in [0.5, 0.6) is 5.75 Å². The summed E-state index contributed by atoms with van der Waals surface area (Å²) in [6.45, 7) is 4.50. The van der Waals surface area contributed by atoms with Crippen LogP contribution in [-0.2, 0) is 0 Å². The van der Waals surface area contributed by atoms with E-state index in [0.717, 1.165) is 17.7 Å². The predicted octanol–water partition coefficient (Wildman–Crippen LogP) is 4.43. The molecule has 134 valence electrons. The number of ether oxygens (including phenoxy) is 1. The fourth-order valence-electron chi connectivity index (χ4n) is 2.09. The number of carbonyl (C=O) groups excluding carboxylic acids is 1. The van der Waals surface area contributed by atoms with Gasteiger partial charge < -0.3 is 15.4 Å². The van der Waals surface area contributed by atoms with Gasteiger partial charge in [0, 0.05) is 0 Å². The Labute approximate surface area is 144 Å². The summed E-state index contributed by atoms with van der Waals surface area (Å²) in [5.74, 6) is -3.35. The molecule has 4 nitrogen and oxygen atoms in total. The average Bonchev–Trinajstić information content (AvgIpc) is 2.59. The van der Waals surface area contributed by atoms with Crippen LogP contribution in [0.25, 0.3) is 0 Å². The zero-order valence-corrected chi connectivity index (χ0v) is 13.9. The highest BCUT2D eigenvalue weighted by Crippen LogP contribution is 2.20. The summed E-state index contributed by atoms with van der Waals surface area (Å²) >= 11 is 0. The predicted molar refractivity (Wildman–Crippen MR) is 89.4 cm³/mol. The van der Waals surface area contributed by atoms with E-state index >= 15 is 0 Å². The highest BCUT2D eigenvalue weighted by Gasteiger charge is 2.14. The monoisotopic (exact) mass is 352 g/mol. The quantitative estimate of drug-likeness (QED) is 0.597. The van der Waals surface area contributed by atoms with E-state index in [0.29, 0.717) is 11.7 Å². The average molecular weight is 352 g/mol. The van der Waals surface area contributed by atoms with Crippen LogP contribution in [0.3, 0.4) is 0 Å². The van der Waals surface area contributed by atoms with Crippen molar-refractivity contribution in [2.75, 3.05) is 18.5 Å². The minimum atomic E-state index is -1.63. The van der Waals surface area contributed by atoms with E-state index in [1.54, 1.807) is 0 Å². The van der Waals surface area contributed by atoms with E-state index in [4.69, 9.17) is 4.74 Å². The molecule has 0 saturated carbocycles. The van der Waals surface area contributed by atoms with Crippen LogP contribution in [0.15, 0.2) is 36.4 Å². The van der Waals surface area contributed by atoms with E-state index in [-0.39, 0.29) is 13.2 Å². The minimum Gasteiger partial charge on any atom is -0.492 e. The molecule has 2 aromatic carbocycles. The van der Waals surface area contributed by atoms with Gasteiger partial charge in [-0.3, -0.25) is 0 Å². The molecule has 0 aromatic heterocycles. The molecule has 0 fully saturated rings. The van der Waals surface area contributed by atoms with Gasteiger partial charge >= 0.3 is 6.03 Å². The second kappa shape index (κ2) is 8.41. The highest BCUT2D eigenvalue weighted by molar-refractivity contribution is 5.89. The van der Waals surface area contributed by atoms with Crippen LogP contribution in [0.2, 0.25) is 0 Å². The number of urea groups is 1. The fourth-order valence-corrected chi connectivity index (χ4v) is 2.09. The number of anilines is 1. The molecule has 0 radical (unpaired) electrons. The maximum Gasteiger partial charge on any atom is 0.319 e. The van der Waals surface area contributed by atoms with Crippen LogP contribution in [-0.4, -0.2) is 19.2 Å². The number of halogens is 3. The van der Waals surface area contributed by atoms with Crippen molar-refractivity contribution in [3.63, 3.8) is 0 Å². The second-order valence-corrected chi connectivity index (χ2v) is 5.68. The molecular formula is C18H19F3N2O2. The molecule has 0 bridgehead atoms. The first-order chi connectivity index (χ1) is 11.9. The van der Waals surface area contributed by atoms with E-state index < -0.39 is 29.2 Å². The van der Waals surface area contributed by atoms with Crippen molar-refractivity contribution in [1.82, 2.24) is 5.32 Å². The van der Waals surface area contributed by atoms with Crippen molar-refractivity contribution in [2.24, 2.45) is 0 Å². The third kappa shape index (κ3) is 5.14. The Bertz CT molecular complexity index is 751. The van der Waals surface area contributed by atoms with Gasteiger partial charge in [0.05, 0.1) is 12.2 Å². The van der Waals surface area contributed by atoms with Crippen LogP contribution in [0, 0.1) is 17.5 Å². The van der Waals surface area contributed by atoms with Gasteiger partial charge in [-0.05, 0) is 35.7 Å². The van der Waals surface area contributed by atoms with Gasteiger partial charge in [0.2, 0.25) is 0 Å². The summed E-state index contributed by atoms with van der Waals surface area (Å²) in [5.41, 5.74) is 0.693. The summed E-state index contributed by atoms with van der Waals surface area (Å²) < 4.78 is 44.9. The first kappa shape index (κ1) is 18.6. The van der Waals surface area contributed by atoms with Gasteiger partial charge in [-0.1, -0.05) is 26.0 Å². The molecule has 0 aliphatic carbocycles. The number of hydrogen-bond acceptors (Lipinski definition) is 2. The first-order valence-electron chi connectivity index (χ1n) is 7.79. The number of carbonyl (C=O) groups is 1. The second-order valence-electron chi connectivity index (χ2n) is 5.68. The van der Waals surface area contributed by atoms with Gasteiger partial charge in [0.15, 0.2) is 17.5 Å². The van der Waals surface area contributed by atoms with Gasteiger partial charge in [0.25, 0.3) is 0 Å². The zero-order chi connectivity index (χ0) is 18.4. The third-order valence-corrected chi connectivity index (χ3v) is 3.46. The van der Waals surface area contributed by atoms with E-state index in [9.17, 15) is 18.0 Å².